The van der Waals surface area contributed by atoms with E-state index >= 15 is 0 Å². The summed E-state index contributed by atoms with van der Waals surface area (Å²) in [6.45, 7) is 8.39. The fourth-order valence-electron chi connectivity index (χ4n) is 1.71. The summed E-state index contributed by atoms with van der Waals surface area (Å²) in [7, 11) is 0. The second kappa shape index (κ2) is 6.26. The van der Waals surface area contributed by atoms with Crippen LogP contribution in [0.4, 0.5) is 0 Å². The molecular formula is C15H21N3S. The molecule has 0 aliphatic rings. The fraction of sp³-hybridized carbons (Fsp3) is 0.467. The molecule has 0 unspecified atom stereocenters. The molecule has 0 atom stereocenters. The van der Waals surface area contributed by atoms with Gasteiger partial charge in [-0.1, -0.05) is 26.8 Å². The zero-order valence-corrected chi connectivity index (χ0v) is 12.6. The first-order chi connectivity index (χ1) is 9.05. The Morgan fingerprint density at radius 2 is 2.16 bits per heavy atom. The maximum atomic E-state index is 4.67. The summed E-state index contributed by atoms with van der Waals surface area (Å²) in [6.07, 6.45) is 4.73. The summed E-state index contributed by atoms with van der Waals surface area (Å²) >= 11 is 1.74. The molecule has 19 heavy (non-hydrogen) atoms. The third-order valence-electron chi connectivity index (χ3n) is 2.91. The molecule has 0 amide bonds. The highest BCUT2D eigenvalue weighted by molar-refractivity contribution is 7.09. The molecule has 0 saturated carbocycles. The van der Waals surface area contributed by atoms with E-state index in [0.717, 1.165) is 24.5 Å². The zero-order valence-electron chi connectivity index (χ0n) is 11.8. The summed E-state index contributed by atoms with van der Waals surface area (Å²) in [5.41, 5.74) is 2.59. The van der Waals surface area contributed by atoms with Crippen LogP contribution in [-0.4, -0.2) is 16.5 Å². The second-order valence-corrected chi connectivity index (χ2v) is 6.61. The highest BCUT2D eigenvalue weighted by Crippen LogP contribution is 2.23. The normalized spacial score (nSPS) is 11.7. The third kappa shape index (κ3) is 4.40. The lowest BCUT2D eigenvalue weighted by Gasteiger charge is -2.14. The first kappa shape index (κ1) is 14.2. The Morgan fingerprint density at radius 1 is 1.32 bits per heavy atom. The molecule has 4 heteroatoms. The smallest absolute Gasteiger partial charge is 0.107 e. The van der Waals surface area contributed by atoms with Crippen molar-refractivity contribution in [3.05, 3.63) is 46.2 Å². The number of aromatic nitrogens is 2. The maximum Gasteiger partial charge on any atom is 0.107 e. The van der Waals surface area contributed by atoms with Gasteiger partial charge in [-0.05, 0) is 24.6 Å². The van der Waals surface area contributed by atoms with E-state index in [-0.39, 0.29) is 5.41 Å². The van der Waals surface area contributed by atoms with Crippen molar-refractivity contribution in [1.82, 2.24) is 15.3 Å². The molecule has 0 aromatic carbocycles. The van der Waals surface area contributed by atoms with E-state index in [1.165, 1.54) is 11.3 Å². The molecule has 0 fully saturated rings. The Balaban J connectivity index is 1.76. The molecule has 0 spiro atoms. The van der Waals surface area contributed by atoms with E-state index in [2.05, 4.69) is 47.5 Å². The molecule has 0 aliphatic heterocycles. The van der Waals surface area contributed by atoms with E-state index in [0.29, 0.717) is 0 Å². The topological polar surface area (TPSA) is 37.8 Å². The minimum atomic E-state index is 0.143. The van der Waals surface area contributed by atoms with Crippen molar-refractivity contribution in [1.29, 1.82) is 0 Å². The van der Waals surface area contributed by atoms with Crippen molar-refractivity contribution in [3.63, 3.8) is 0 Å². The summed E-state index contributed by atoms with van der Waals surface area (Å²) in [4.78, 5) is 8.78. The highest BCUT2D eigenvalue weighted by Gasteiger charge is 2.16. The van der Waals surface area contributed by atoms with Gasteiger partial charge in [-0.2, -0.15) is 0 Å². The second-order valence-electron chi connectivity index (χ2n) is 5.66. The summed E-state index contributed by atoms with van der Waals surface area (Å²) in [6, 6.07) is 4.08. The van der Waals surface area contributed by atoms with Gasteiger partial charge < -0.3 is 5.32 Å². The third-order valence-corrected chi connectivity index (χ3v) is 3.76. The summed E-state index contributed by atoms with van der Waals surface area (Å²) in [5.74, 6) is 0. The monoisotopic (exact) mass is 275 g/mol. The van der Waals surface area contributed by atoms with Gasteiger partial charge in [-0.25, -0.2) is 4.98 Å². The minimum absolute atomic E-state index is 0.143. The molecule has 2 rings (SSSR count). The quantitative estimate of drug-likeness (QED) is 0.852. The number of nitrogens with one attached hydrogen (secondary N) is 1. The molecular weight excluding hydrogens is 254 g/mol. The molecule has 1 N–H and O–H groups in total. The van der Waals surface area contributed by atoms with E-state index < -0.39 is 0 Å². The predicted molar refractivity (Wildman–Crippen MR) is 80.5 cm³/mol. The Kier molecular flexibility index (Phi) is 4.66. The molecule has 0 bridgehead atoms. The van der Waals surface area contributed by atoms with Crippen LogP contribution in [0.5, 0.6) is 0 Å². The van der Waals surface area contributed by atoms with Crippen molar-refractivity contribution in [2.24, 2.45) is 0 Å². The zero-order chi connectivity index (χ0) is 13.7. The maximum absolute atomic E-state index is 4.67. The van der Waals surface area contributed by atoms with Crippen LogP contribution in [0.3, 0.4) is 0 Å². The van der Waals surface area contributed by atoms with Crippen LogP contribution < -0.4 is 5.32 Å². The molecule has 0 radical (unpaired) electrons. The molecule has 3 nitrogen and oxygen atoms in total. The van der Waals surface area contributed by atoms with E-state index in [4.69, 9.17) is 0 Å². The van der Waals surface area contributed by atoms with Crippen molar-refractivity contribution in [2.45, 2.75) is 39.2 Å². The predicted octanol–water partition coefficient (Wildman–Crippen LogP) is 3.17. The number of nitrogens with zero attached hydrogens (tertiary/aromatic N) is 2. The van der Waals surface area contributed by atoms with E-state index in [1.54, 1.807) is 17.5 Å². The molecule has 2 aromatic rings. The summed E-state index contributed by atoms with van der Waals surface area (Å²) in [5, 5.41) is 6.76. The minimum Gasteiger partial charge on any atom is -0.310 e. The van der Waals surface area contributed by atoms with Gasteiger partial charge >= 0.3 is 0 Å². The average molecular weight is 275 g/mol. The van der Waals surface area contributed by atoms with Crippen LogP contribution in [0.2, 0.25) is 0 Å². The van der Waals surface area contributed by atoms with Crippen molar-refractivity contribution < 1.29 is 0 Å². The van der Waals surface area contributed by atoms with Gasteiger partial charge in [-0.3, -0.25) is 4.98 Å². The SMILES string of the molecule is CC(C)(C)c1csc(CNCCc2cccnc2)n1. The van der Waals surface area contributed by atoms with Gasteiger partial charge in [0.05, 0.1) is 5.69 Å². The number of thiazole rings is 1. The highest BCUT2D eigenvalue weighted by atomic mass is 32.1. The Hall–Kier alpha value is -1.26. The number of pyridine rings is 1. The van der Waals surface area contributed by atoms with Gasteiger partial charge in [0.25, 0.3) is 0 Å². The lowest BCUT2D eigenvalue weighted by molar-refractivity contribution is 0.568. The van der Waals surface area contributed by atoms with E-state index in [1.807, 2.05) is 12.3 Å². The van der Waals surface area contributed by atoms with E-state index in [9.17, 15) is 0 Å². The largest absolute Gasteiger partial charge is 0.310 e. The fourth-order valence-corrected chi connectivity index (χ4v) is 2.70. The number of hydrogen-bond acceptors (Lipinski definition) is 4. The van der Waals surface area contributed by atoms with Crippen LogP contribution in [0, 0.1) is 0 Å². The molecule has 2 heterocycles. The van der Waals surface area contributed by atoms with Crippen molar-refractivity contribution in [3.8, 4) is 0 Å². The standard InChI is InChI=1S/C15H21N3S/c1-15(2,3)13-11-19-14(18-13)10-17-8-6-12-5-4-7-16-9-12/h4-5,7,9,11,17H,6,8,10H2,1-3H3. The first-order valence-electron chi connectivity index (χ1n) is 6.60. The number of hydrogen-bond donors (Lipinski definition) is 1. The average Bonchev–Trinajstić information content (AvgIpc) is 2.85. The van der Waals surface area contributed by atoms with Crippen LogP contribution in [-0.2, 0) is 18.4 Å². The van der Waals surface area contributed by atoms with Crippen molar-refractivity contribution >= 4 is 11.3 Å². The Bertz CT molecular complexity index is 500. The molecule has 102 valence electrons. The van der Waals surface area contributed by atoms with Crippen molar-refractivity contribution in [2.75, 3.05) is 6.54 Å². The van der Waals surface area contributed by atoms with Gasteiger partial charge in [0.15, 0.2) is 0 Å². The van der Waals surface area contributed by atoms with Crippen LogP contribution >= 0.6 is 11.3 Å². The first-order valence-corrected chi connectivity index (χ1v) is 7.48. The molecule has 0 aliphatic carbocycles. The van der Waals surface area contributed by atoms with Gasteiger partial charge in [-0.15, -0.1) is 11.3 Å². The van der Waals surface area contributed by atoms with Gasteiger partial charge in [0, 0.05) is 29.7 Å². The Labute approximate surface area is 119 Å². The lowest BCUT2D eigenvalue weighted by atomic mass is 9.93. The van der Waals surface area contributed by atoms with Gasteiger partial charge in [0.2, 0.25) is 0 Å². The van der Waals surface area contributed by atoms with Crippen LogP contribution in [0.25, 0.3) is 0 Å². The van der Waals surface area contributed by atoms with Crippen LogP contribution in [0.1, 0.15) is 37.0 Å². The lowest BCUT2D eigenvalue weighted by Crippen LogP contribution is -2.17. The molecule has 2 aromatic heterocycles. The number of rotatable bonds is 5. The Morgan fingerprint density at radius 3 is 2.79 bits per heavy atom. The van der Waals surface area contributed by atoms with Gasteiger partial charge in [0.1, 0.15) is 5.01 Å². The molecule has 0 saturated heterocycles. The summed E-state index contributed by atoms with van der Waals surface area (Å²) < 4.78 is 0. The van der Waals surface area contributed by atoms with Crippen LogP contribution in [0.15, 0.2) is 29.9 Å².